The first-order valence-electron chi connectivity index (χ1n) is 15.7. The van der Waals surface area contributed by atoms with E-state index in [1.54, 1.807) is 31.2 Å². The van der Waals surface area contributed by atoms with Crippen LogP contribution >= 0.6 is 0 Å². The fourth-order valence-electron chi connectivity index (χ4n) is 5.67. The molecule has 1 atom stereocenters. The molecule has 11 heteroatoms. The van der Waals surface area contributed by atoms with E-state index < -0.39 is 28.5 Å². The first-order valence-corrected chi connectivity index (χ1v) is 17.1. The number of sulfonamides is 1. The highest BCUT2D eigenvalue weighted by Gasteiger charge is 2.33. The maximum atomic E-state index is 14.3. The third-order valence-corrected chi connectivity index (χ3v) is 9.98. The van der Waals surface area contributed by atoms with Gasteiger partial charge in [0.15, 0.2) is 11.5 Å². The van der Waals surface area contributed by atoms with Gasteiger partial charge in [-0.3, -0.25) is 13.9 Å². The van der Waals surface area contributed by atoms with E-state index in [1.165, 1.54) is 37.3 Å². The van der Waals surface area contributed by atoms with Gasteiger partial charge in [-0.2, -0.15) is 0 Å². The lowest BCUT2D eigenvalue weighted by molar-refractivity contribution is -0.139. The molecule has 10 nitrogen and oxygen atoms in total. The summed E-state index contributed by atoms with van der Waals surface area (Å²) in [6.07, 6.45) is 5.06. The Balaban J connectivity index is 1.72. The molecular weight excluding hydrogens is 606 g/mol. The summed E-state index contributed by atoms with van der Waals surface area (Å²) in [4.78, 5) is 29.2. The van der Waals surface area contributed by atoms with E-state index in [0.717, 1.165) is 47.5 Å². The Labute approximate surface area is 272 Å². The summed E-state index contributed by atoms with van der Waals surface area (Å²) in [7, 11) is -1.42. The van der Waals surface area contributed by atoms with Crippen LogP contribution in [0.25, 0.3) is 0 Å². The summed E-state index contributed by atoms with van der Waals surface area (Å²) in [5.74, 6) is 0.382. The fraction of sp³-hybridized carbons (Fsp3) is 0.429. The molecule has 0 spiro atoms. The first-order chi connectivity index (χ1) is 22.1. The molecule has 2 amide bonds. The zero-order valence-corrected chi connectivity index (χ0v) is 28.1. The number of ether oxygens (including phenoxy) is 3. The van der Waals surface area contributed by atoms with Crippen LogP contribution in [0, 0.1) is 6.92 Å². The van der Waals surface area contributed by atoms with Crippen molar-refractivity contribution in [3.63, 3.8) is 0 Å². The van der Waals surface area contributed by atoms with Crippen molar-refractivity contribution >= 4 is 27.5 Å². The first kappa shape index (κ1) is 34.6. The monoisotopic (exact) mass is 651 g/mol. The average Bonchev–Trinajstić information content (AvgIpc) is 3.06. The van der Waals surface area contributed by atoms with Crippen LogP contribution < -0.4 is 23.8 Å². The van der Waals surface area contributed by atoms with Crippen LogP contribution in [0.3, 0.4) is 0 Å². The Hall–Kier alpha value is -4.25. The van der Waals surface area contributed by atoms with Crippen molar-refractivity contribution in [1.82, 2.24) is 10.2 Å². The molecule has 0 unspecified atom stereocenters. The number of aryl methyl sites for hydroxylation is 1. The summed E-state index contributed by atoms with van der Waals surface area (Å²) in [6, 6.07) is 17.7. The molecule has 0 heterocycles. The molecule has 0 saturated heterocycles. The standard InChI is InChI=1S/C35H45N3O7S/c1-6-45-30-17-15-29(16-18-30)38(46(41,42)31-19-20-32(43-4)33(22-31)44-5)24-34(39)37(23-27-12-10-11-25(2)21-27)26(3)35(40)36-28-13-8-7-9-14-28/h10-12,15-22,26,28H,6-9,13-14,23-24H2,1-5H3,(H,36,40)/t26-/m0/s1. The number of benzene rings is 3. The van der Waals surface area contributed by atoms with Gasteiger partial charge in [-0.05, 0) is 75.6 Å². The third kappa shape index (κ3) is 8.51. The van der Waals surface area contributed by atoms with Crippen LogP contribution in [-0.4, -0.2) is 64.6 Å². The number of hydrogen-bond donors (Lipinski definition) is 1. The lowest BCUT2D eigenvalue weighted by atomic mass is 9.95. The molecule has 0 aliphatic heterocycles. The van der Waals surface area contributed by atoms with Crippen LogP contribution in [0.2, 0.25) is 0 Å². The molecule has 0 radical (unpaired) electrons. The molecular formula is C35H45N3O7S. The van der Waals surface area contributed by atoms with Crippen LogP contribution in [0.15, 0.2) is 71.6 Å². The summed E-state index contributed by atoms with van der Waals surface area (Å²) in [5.41, 5.74) is 2.11. The number of carbonyl (C=O) groups is 2. The highest BCUT2D eigenvalue weighted by atomic mass is 32.2. The molecule has 3 aromatic rings. The molecule has 46 heavy (non-hydrogen) atoms. The maximum absolute atomic E-state index is 14.3. The lowest BCUT2D eigenvalue weighted by Gasteiger charge is -2.33. The fourth-order valence-corrected chi connectivity index (χ4v) is 7.10. The van der Waals surface area contributed by atoms with Crippen LogP contribution in [-0.2, 0) is 26.2 Å². The summed E-state index contributed by atoms with van der Waals surface area (Å²) >= 11 is 0. The van der Waals surface area contributed by atoms with Gasteiger partial charge in [0.05, 0.1) is 31.4 Å². The highest BCUT2D eigenvalue weighted by Crippen LogP contribution is 2.33. The average molecular weight is 652 g/mol. The second-order valence-electron chi connectivity index (χ2n) is 11.5. The van der Waals surface area contributed by atoms with Crippen molar-refractivity contribution in [1.29, 1.82) is 0 Å². The minimum absolute atomic E-state index is 0.0606. The van der Waals surface area contributed by atoms with Crippen molar-refractivity contribution in [3.05, 3.63) is 77.9 Å². The van der Waals surface area contributed by atoms with Crippen molar-refractivity contribution < 1.29 is 32.2 Å². The second kappa shape index (κ2) is 15.8. The number of carbonyl (C=O) groups excluding carboxylic acids is 2. The van der Waals surface area contributed by atoms with E-state index in [-0.39, 0.29) is 34.8 Å². The number of anilines is 1. The summed E-state index contributed by atoms with van der Waals surface area (Å²) < 4.78 is 45.9. The molecule has 0 bridgehead atoms. The third-order valence-electron chi connectivity index (χ3n) is 8.21. The van der Waals surface area contributed by atoms with Crippen LogP contribution in [0.5, 0.6) is 17.2 Å². The Morgan fingerprint density at radius 2 is 1.63 bits per heavy atom. The molecule has 1 fully saturated rings. The largest absolute Gasteiger partial charge is 0.494 e. The minimum Gasteiger partial charge on any atom is -0.494 e. The summed E-state index contributed by atoms with van der Waals surface area (Å²) in [5, 5.41) is 3.13. The van der Waals surface area contributed by atoms with Gasteiger partial charge in [0.1, 0.15) is 18.3 Å². The molecule has 4 rings (SSSR count). The highest BCUT2D eigenvalue weighted by molar-refractivity contribution is 7.92. The van der Waals surface area contributed by atoms with E-state index in [2.05, 4.69) is 5.32 Å². The summed E-state index contributed by atoms with van der Waals surface area (Å²) in [6.45, 7) is 5.54. The van der Waals surface area contributed by atoms with E-state index in [1.807, 2.05) is 38.1 Å². The smallest absolute Gasteiger partial charge is 0.264 e. The Kier molecular flexibility index (Phi) is 11.9. The van der Waals surface area contributed by atoms with E-state index >= 15 is 0 Å². The lowest BCUT2D eigenvalue weighted by Crippen LogP contribution is -2.53. The topological polar surface area (TPSA) is 114 Å². The molecule has 1 aliphatic carbocycles. The van der Waals surface area contributed by atoms with E-state index in [4.69, 9.17) is 14.2 Å². The predicted octanol–water partition coefficient (Wildman–Crippen LogP) is 5.47. The van der Waals surface area contributed by atoms with Crippen molar-refractivity contribution in [2.45, 2.75) is 76.4 Å². The molecule has 1 saturated carbocycles. The number of nitrogens with one attached hydrogen (secondary N) is 1. The molecule has 248 valence electrons. The number of rotatable bonds is 14. The second-order valence-corrected chi connectivity index (χ2v) is 13.3. The van der Waals surface area contributed by atoms with Gasteiger partial charge in [-0.15, -0.1) is 0 Å². The molecule has 1 aliphatic rings. The van der Waals surface area contributed by atoms with Crippen molar-refractivity contribution in [2.24, 2.45) is 0 Å². The van der Waals surface area contributed by atoms with Gasteiger partial charge in [-0.1, -0.05) is 49.1 Å². The predicted molar refractivity (Wildman–Crippen MR) is 178 cm³/mol. The maximum Gasteiger partial charge on any atom is 0.264 e. The van der Waals surface area contributed by atoms with Gasteiger partial charge in [0, 0.05) is 18.7 Å². The zero-order chi connectivity index (χ0) is 33.3. The Morgan fingerprint density at radius 1 is 0.935 bits per heavy atom. The zero-order valence-electron chi connectivity index (χ0n) is 27.3. The number of hydrogen-bond acceptors (Lipinski definition) is 7. The van der Waals surface area contributed by atoms with Gasteiger partial charge in [0.25, 0.3) is 10.0 Å². The number of nitrogens with zero attached hydrogens (tertiary/aromatic N) is 2. The Bertz CT molecular complexity index is 1590. The van der Waals surface area contributed by atoms with Crippen LogP contribution in [0.4, 0.5) is 5.69 Å². The van der Waals surface area contributed by atoms with Gasteiger partial charge < -0.3 is 24.4 Å². The van der Waals surface area contributed by atoms with Gasteiger partial charge in [0.2, 0.25) is 11.8 Å². The SMILES string of the molecule is CCOc1ccc(N(CC(=O)N(Cc2cccc(C)c2)[C@@H](C)C(=O)NC2CCCCC2)S(=O)(=O)c2ccc(OC)c(OC)c2)cc1. The minimum atomic E-state index is -4.30. The van der Waals surface area contributed by atoms with Crippen molar-refractivity contribution in [3.8, 4) is 17.2 Å². The molecule has 3 aromatic carbocycles. The van der Waals surface area contributed by atoms with E-state index in [9.17, 15) is 18.0 Å². The van der Waals surface area contributed by atoms with Gasteiger partial charge >= 0.3 is 0 Å². The van der Waals surface area contributed by atoms with E-state index in [0.29, 0.717) is 18.1 Å². The number of amides is 2. The molecule has 0 aromatic heterocycles. The van der Waals surface area contributed by atoms with Crippen LogP contribution in [0.1, 0.15) is 57.1 Å². The van der Waals surface area contributed by atoms with Gasteiger partial charge in [-0.25, -0.2) is 8.42 Å². The number of methoxy groups -OCH3 is 2. The normalized spacial score (nSPS) is 14.2. The molecule has 1 N–H and O–H groups in total. The quantitative estimate of drug-likeness (QED) is 0.246. The van der Waals surface area contributed by atoms with Crippen molar-refractivity contribution in [2.75, 3.05) is 31.7 Å². The Morgan fingerprint density at radius 3 is 2.26 bits per heavy atom.